The highest BCUT2D eigenvalue weighted by atomic mass is 32.3. The van der Waals surface area contributed by atoms with Crippen molar-refractivity contribution >= 4 is 10.2 Å². The highest BCUT2D eigenvalue weighted by Crippen LogP contribution is 1.97. The molecule has 0 aliphatic heterocycles. The first kappa shape index (κ1) is 11.7. The molecular weight excluding hydrogens is 197 g/mol. The van der Waals surface area contributed by atoms with E-state index in [0.29, 0.717) is 0 Å². The summed E-state index contributed by atoms with van der Waals surface area (Å²) in [6.07, 6.45) is -2.68. The van der Waals surface area contributed by atoms with Crippen LogP contribution in [-0.4, -0.2) is 33.8 Å². The van der Waals surface area contributed by atoms with E-state index < -0.39 is 29.0 Å². The summed E-state index contributed by atoms with van der Waals surface area (Å²) in [5.74, 6) is -0.684. The molecule has 0 heterocycles. The lowest BCUT2D eigenvalue weighted by atomic mass is 10.5. The molecule has 0 saturated heterocycles. The van der Waals surface area contributed by atoms with Crippen molar-refractivity contribution in [2.24, 2.45) is 0 Å². The summed E-state index contributed by atoms with van der Waals surface area (Å²) in [6.45, 7) is -0.917. The van der Waals surface area contributed by atoms with Crippen molar-refractivity contribution in [3.8, 4) is 0 Å². The van der Waals surface area contributed by atoms with E-state index in [1.54, 1.807) is 0 Å². The SMILES string of the molecule is O=S(=O)(F)CCCOCC(F)F. The van der Waals surface area contributed by atoms with E-state index in [1.165, 1.54) is 0 Å². The van der Waals surface area contributed by atoms with Crippen LogP contribution >= 0.6 is 0 Å². The van der Waals surface area contributed by atoms with E-state index in [2.05, 4.69) is 4.74 Å². The Labute approximate surface area is 68.7 Å². The number of hydrogen-bond acceptors (Lipinski definition) is 3. The number of rotatable bonds is 6. The quantitative estimate of drug-likeness (QED) is 0.480. The van der Waals surface area contributed by atoms with Crippen molar-refractivity contribution in [2.45, 2.75) is 12.8 Å². The molecule has 0 radical (unpaired) electrons. The minimum Gasteiger partial charge on any atom is -0.375 e. The summed E-state index contributed by atoms with van der Waals surface area (Å²) in [4.78, 5) is 0. The Morgan fingerprint density at radius 1 is 1.33 bits per heavy atom. The number of hydrogen-bond donors (Lipinski definition) is 0. The third-order valence-corrected chi connectivity index (χ3v) is 1.70. The van der Waals surface area contributed by atoms with Gasteiger partial charge in [0.15, 0.2) is 0 Å². The fraction of sp³-hybridized carbons (Fsp3) is 1.00. The highest BCUT2D eigenvalue weighted by Gasteiger charge is 2.07. The Morgan fingerprint density at radius 2 is 1.92 bits per heavy atom. The molecule has 3 nitrogen and oxygen atoms in total. The third kappa shape index (κ3) is 9.70. The van der Waals surface area contributed by atoms with E-state index in [9.17, 15) is 21.1 Å². The molecular formula is C5H9F3O3S. The van der Waals surface area contributed by atoms with Gasteiger partial charge in [0.05, 0.1) is 5.75 Å². The van der Waals surface area contributed by atoms with Gasteiger partial charge < -0.3 is 4.74 Å². The number of ether oxygens (including phenoxy) is 1. The first-order valence-corrected chi connectivity index (χ1v) is 4.75. The molecule has 0 aliphatic rings. The molecule has 0 amide bonds. The second-order valence-electron chi connectivity index (χ2n) is 2.06. The summed E-state index contributed by atoms with van der Waals surface area (Å²) in [6, 6.07) is 0. The monoisotopic (exact) mass is 206 g/mol. The van der Waals surface area contributed by atoms with Crippen molar-refractivity contribution in [3.05, 3.63) is 0 Å². The van der Waals surface area contributed by atoms with Gasteiger partial charge in [0, 0.05) is 6.61 Å². The predicted molar refractivity (Wildman–Crippen MR) is 36.3 cm³/mol. The van der Waals surface area contributed by atoms with Gasteiger partial charge in [-0.25, -0.2) is 8.78 Å². The molecule has 0 aromatic rings. The summed E-state index contributed by atoms with van der Waals surface area (Å²) in [5.41, 5.74) is 0. The van der Waals surface area contributed by atoms with E-state index in [-0.39, 0.29) is 13.0 Å². The van der Waals surface area contributed by atoms with Crippen molar-refractivity contribution in [1.29, 1.82) is 0 Å². The summed E-state index contributed by atoms with van der Waals surface area (Å²) < 4.78 is 58.5. The Balaban J connectivity index is 3.23. The lowest BCUT2D eigenvalue weighted by molar-refractivity contribution is 0.0179. The van der Waals surface area contributed by atoms with Crippen molar-refractivity contribution in [1.82, 2.24) is 0 Å². The van der Waals surface area contributed by atoms with Gasteiger partial charge in [-0.3, -0.25) is 0 Å². The fourth-order valence-corrected chi connectivity index (χ4v) is 0.968. The van der Waals surface area contributed by atoms with Crippen LogP contribution < -0.4 is 0 Å². The van der Waals surface area contributed by atoms with Gasteiger partial charge in [0.1, 0.15) is 6.61 Å². The average molecular weight is 206 g/mol. The molecule has 0 aliphatic carbocycles. The van der Waals surface area contributed by atoms with Crippen LogP contribution in [0.3, 0.4) is 0 Å². The normalized spacial score (nSPS) is 12.3. The Bertz CT molecular complexity index is 202. The predicted octanol–water partition coefficient (Wildman–Crippen LogP) is 0.958. The maximum atomic E-state index is 11.7. The zero-order valence-corrected chi connectivity index (χ0v) is 6.99. The average Bonchev–Trinajstić information content (AvgIpc) is 1.83. The third-order valence-electron chi connectivity index (χ3n) is 0.921. The zero-order valence-electron chi connectivity index (χ0n) is 6.17. The Kier molecular flexibility index (Phi) is 5.23. The molecule has 74 valence electrons. The molecule has 0 unspecified atom stereocenters. The Hall–Kier alpha value is -0.300. The maximum absolute atomic E-state index is 11.7. The molecule has 0 N–H and O–H groups in total. The fourth-order valence-electron chi connectivity index (χ4n) is 0.506. The first-order valence-electron chi connectivity index (χ1n) is 3.20. The van der Waals surface area contributed by atoms with Gasteiger partial charge in [-0.05, 0) is 6.42 Å². The second kappa shape index (κ2) is 5.36. The number of alkyl halides is 2. The van der Waals surface area contributed by atoms with Crippen molar-refractivity contribution in [3.63, 3.8) is 0 Å². The van der Waals surface area contributed by atoms with Crippen LogP contribution in [0.1, 0.15) is 6.42 Å². The zero-order chi connectivity index (χ0) is 9.61. The molecule has 0 rings (SSSR count). The molecule has 12 heavy (non-hydrogen) atoms. The van der Waals surface area contributed by atoms with Gasteiger partial charge in [0.2, 0.25) is 0 Å². The lowest BCUT2D eigenvalue weighted by Crippen LogP contribution is -2.08. The first-order chi connectivity index (χ1) is 5.42. The smallest absolute Gasteiger partial charge is 0.302 e. The van der Waals surface area contributed by atoms with Gasteiger partial charge in [-0.15, -0.1) is 3.89 Å². The number of halogens is 3. The molecule has 0 aromatic carbocycles. The standard InChI is InChI=1S/C5H9F3O3S/c6-5(7)4-11-2-1-3-12(8,9)10/h5H,1-4H2. The van der Waals surface area contributed by atoms with Crippen LogP contribution in [-0.2, 0) is 15.0 Å². The minimum atomic E-state index is -4.49. The van der Waals surface area contributed by atoms with Crippen LogP contribution in [0.4, 0.5) is 12.7 Å². The molecule has 0 bridgehead atoms. The van der Waals surface area contributed by atoms with Gasteiger partial charge >= 0.3 is 10.2 Å². The van der Waals surface area contributed by atoms with E-state index in [4.69, 9.17) is 0 Å². The molecule has 0 aromatic heterocycles. The van der Waals surface area contributed by atoms with Crippen LogP contribution in [0.15, 0.2) is 0 Å². The van der Waals surface area contributed by atoms with Crippen molar-refractivity contribution in [2.75, 3.05) is 19.0 Å². The van der Waals surface area contributed by atoms with E-state index in [1.807, 2.05) is 0 Å². The molecule has 0 fully saturated rings. The Morgan fingerprint density at radius 3 is 2.33 bits per heavy atom. The topological polar surface area (TPSA) is 43.4 Å². The molecule has 0 spiro atoms. The summed E-state index contributed by atoms with van der Waals surface area (Å²) in [7, 11) is -4.49. The molecule has 0 atom stereocenters. The van der Waals surface area contributed by atoms with Crippen LogP contribution in [0.2, 0.25) is 0 Å². The van der Waals surface area contributed by atoms with Gasteiger partial charge in [-0.2, -0.15) is 8.42 Å². The summed E-state index contributed by atoms with van der Waals surface area (Å²) in [5, 5.41) is 0. The maximum Gasteiger partial charge on any atom is 0.302 e. The van der Waals surface area contributed by atoms with Crippen molar-refractivity contribution < 1.29 is 25.8 Å². The van der Waals surface area contributed by atoms with Crippen LogP contribution in [0.5, 0.6) is 0 Å². The highest BCUT2D eigenvalue weighted by molar-refractivity contribution is 7.86. The summed E-state index contributed by atoms with van der Waals surface area (Å²) >= 11 is 0. The molecule has 0 saturated carbocycles. The van der Waals surface area contributed by atoms with E-state index >= 15 is 0 Å². The van der Waals surface area contributed by atoms with Crippen LogP contribution in [0.25, 0.3) is 0 Å². The van der Waals surface area contributed by atoms with Gasteiger partial charge in [-0.1, -0.05) is 0 Å². The van der Waals surface area contributed by atoms with Crippen LogP contribution in [0, 0.1) is 0 Å². The largest absolute Gasteiger partial charge is 0.375 e. The minimum absolute atomic E-state index is 0.106. The second-order valence-corrected chi connectivity index (χ2v) is 3.55. The van der Waals surface area contributed by atoms with Gasteiger partial charge in [0.25, 0.3) is 6.43 Å². The van der Waals surface area contributed by atoms with E-state index in [0.717, 1.165) is 0 Å². The molecule has 7 heteroatoms. The lowest BCUT2D eigenvalue weighted by Gasteiger charge is -2.00.